The molecule has 0 aliphatic rings. The summed E-state index contributed by atoms with van der Waals surface area (Å²) in [6, 6.07) is 0.907. The normalized spacial score (nSPS) is 12.3. The fraction of sp³-hybridized carbons (Fsp3) is 0.771. The Kier molecular flexibility index (Phi) is 32.9. The second-order valence-electron chi connectivity index (χ2n) is 13.7. The molecule has 0 aliphatic carbocycles. The van der Waals surface area contributed by atoms with E-state index in [2.05, 4.69) is 41.7 Å². The molecule has 1 atom stereocenters. The number of hydrogen-bond acceptors (Lipinski definition) is 8. The fourth-order valence-electron chi connectivity index (χ4n) is 4.02. The van der Waals surface area contributed by atoms with E-state index in [9.17, 15) is 28.3 Å². The van der Waals surface area contributed by atoms with Gasteiger partial charge in [-0.3, -0.25) is 28.3 Å². The van der Waals surface area contributed by atoms with Crippen LogP contribution < -0.4 is 21.3 Å². The zero-order valence-electron chi connectivity index (χ0n) is 32.4. The standard InChI is InChI=1S/C18H34N2O2.C15H31N2O5P.C2H5O3P/c1-15(2)17(21)11-7-8-12-18(22)20-14-10-6-5-9-13-19-16(3)4;1-11(2)14(18)9-13(10-23(20,21)22)5-6-15(19)17-8-7-16-12(3)4;1-2-6(3,4)5/h7-8,15-16,19H,5-6,9-14H2,1-4H3,(H,20,22);11-13,16H,5-10H2,1-4H3,(H,17,19)(H2,20,21,22);2H,1H2,(H2,3,4,5)/b8-7+;;. The van der Waals surface area contributed by atoms with E-state index >= 15 is 0 Å². The third-order valence-corrected chi connectivity index (χ3v) is 8.53. The van der Waals surface area contributed by atoms with Crippen molar-refractivity contribution >= 4 is 38.6 Å². The first-order valence-electron chi connectivity index (χ1n) is 17.9. The Labute approximate surface area is 307 Å². The average Bonchev–Trinajstić information content (AvgIpc) is 3.00. The number of nitrogens with one attached hydrogen (secondary N) is 4. The van der Waals surface area contributed by atoms with Crippen molar-refractivity contribution in [2.75, 3.05) is 32.3 Å². The number of rotatable bonds is 26. The van der Waals surface area contributed by atoms with Gasteiger partial charge in [-0.15, -0.1) is 0 Å². The van der Waals surface area contributed by atoms with E-state index in [0.717, 1.165) is 25.9 Å². The van der Waals surface area contributed by atoms with Crippen molar-refractivity contribution in [3.05, 3.63) is 24.5 Å². The molecule has 14 nitrogen and oxygen atoms in total. The molecule has 0 radical (unpaired) electrons. The quantitative estimate of drug-likeness (QED) is 0.0336. The molecule has 0 aromatic carbocycles. The highest BCUT2D eigenvalue weighted by Crippen LogP contribution is 2.39. The van der Waals surface area contributed by atoms with Gasteiger partial charge in [0, 0.05) is 75.1 Å². The zero-order valence-corrected chi connectivity index (χ0v) is 34.1. The van der Waals surface area contributed by atoms with Gasteiger partial charge in [-0.25, -0.2) is 0 Å². The first kappa shape index (κ1) is 53.3. The van der Waals surface area contributed by atoms with E-state index < -0.39 is 21.1 Å². The highest BCUT2D eigenvalue weighted by Gasteiger charge is 2.25. The van der Waals surface area contributed by atoms with E-state index in [1.54, 1.807) is 26.0 Å². The summed E-state index contributed by atoms with van der Waals surface area (Å²) in [4.78, 5) is 80.4. The van der Waals surface area contributed by atoms with Crippen LogP contribution in [0.15, 0.2) is 24.5 Å². The summed E-state index contributed by atoms with van der Waals surface area (Å²) in [6.07, 6.45) is 9.16. The molecule has 0 saturated heterocycles. The molecule has 0 bridgehead atoms. The maximum atomic E-state index is 11.8. The lowest BCUT2D eigenvalue weighted by Gasteiger charge is -2.18. The number of carbonyl (C=O) groups excluding carboxylic acids is 4. The Morgan fingerprint density at radius 2 is 1.12 bits per heavy atom. The van der Waals surface area contributed by atoms with Gasteiger partial charge in [0.15, 0.2) is 0 Å². The van der Waals surface area contributed by atoms with Crippen molar-refractivity contribution in [1.82, 2.24) is 21.3 Å². The summed E-state index contributed by atoms with van der Waals surface area (Å²) in [7, 11) is -8.08. The predicted molar refractivity (Wildman–Crippen MR) is 205 cm³/mol. The number of Topliss-reactive ketones (excluding diaryl/α,β-unsaturated/α-hetero) is 2. The van der Waals surface area contributed by atoms with Crippen molar-refractivity contribution in [3.8, 4) is 0 Å². The van der Waals surface area contributed by atoms with Gasteiger partial charge in [0.1, 0.15) is 11.6 Å². The van der Waals surface area contributed by atoms with E-state index in [1.165, 1.54) is 12.8 Å². The Morgan fingerprint density at radius 1 is 0.647 bits per heavy atom. The summed E-state index contributed by atoms with van der Waals surface area (Å²) < 4.78 is 20.8. The first-order chi connectivity index (χ1) is 23.5. The molecule has 0 aromatic heterocycles. The molecule has 0 heterocycles. The van der Waals surface area contributed by atoms with E-state index in [0.29, 0.717) is 50.3 Å². The van der Waals surface area contributed by atoms with E-state index in [4.69, 9.17) is 19.6 Å². The Bertz CT molecular complexity index is 1100. The molecule has 51 heavy (non-hydrogen) atoms. The average molecular weight is 769 g/mol. The number of carbonyl (C=O) groups is 4. The van der Waals surface area contributed by atoms with E-state index in [1.807, 2.05) is 27.7 Å². The molecule has 1 unspecified atom stereocenters. The SMILES string of the molecule is C=CP(=O)(O)O.CC(C)NCCCCCCNC(=O)C/C=C/CC(=O)C(C)C.CC(C)NCCNC(=O)CCC(CC(=O)C(C)C)CP(=O)(O)O. The van der Waals surface area contributed by atoms with Gasteiger partial charge >= 0.3 is 15.2 Å². The van der Waals surface area contributed by atoms with Crippen LogP contribution in [-0.4, -0.2) is 87.4 Å². The molecule has 16 heteroatoms. The highest BCUT2D eigenvalue weighted by molar-refractivity contribution is 7.55. The second kappa shape index (κ2) is 31.5. The smallest absolute Gasteiger partial charge is 0.348 e. The van der Waals surface area contributed by atoms with Crippen LogP contribution in [0.4, 0.5) is 0 Å². The molecule has 0 spiro atoms. The van der Waals surface area contributed by atoms with Crippen molar-refractivity contribution in [2.45, 2.75) is 125 Å². The van der Waals surface area contributed by atoms with Gasteiger partial charge in [-0.1, -0.05) is 87.0 Å². The van der Waals surface area contributed by atoms with Gasteiger partial charge in [0.25, 0.3) is 0 Å². The minimum atomic E-state index is -4.20. The summed E-state index contributed by atoms with van der Waals surface area (Å²) in [5, 5.41) is 12.2. The molecule has 0 aliphatic heterocycles. The van der Waals surface area contributed by atoms with Crippen LogP contribution in [0.2, 0.25) is 0 Å². The molecule has 0 rings (SSSR count). The molecule has 0 saturated carbocycles. The third-order valence-electron chi connectivity index (χ3n) is 7.06. The van der Waals surface area contributed by atoms with Crippen LogP contribution >= 0.6 is 15.2 Å². The second-order valence-corrected chi connectivity index (χ2v) is 16.9. The Morgan fingerprint density at radius 3 is 1.59 bits per heavy atom. The van der Waals surface area contributed by atoms with Crippen LogP contribution in [0.5, 0.6) is 0 Å². The van der Waals surface area contributed by atoms with Crippen LogP contribution in [0, 0.1) is 17.8 Å². The Hall–Kier alpha value is -2.02. The maximum absolute atomic E-state index is 11.8. The molecule has 2 amide bonds. The monoisotopic (exact) mass is 768 g/mol. The lowest BCUT2D eigenvalue weighted by molar-refractivity contribution is -0.124. The van der Waals surface area contributed by atoms with Gasteiger partial charge in [-0.2, -0.15) is 0 Å². The minimum absolute atomic E-state index is 0.0368. The molecular formula is C35H70N4O10P2. The van der Waals surface area contributed by atoms with Gasteiger partial charge in [0.2, 0.25) is 11.8 Å². The maximum Gasteiger partial charge on any atom is 0.348 e. The number of allylic oxidation sites excluding steroid dienone is 1. The van der Waals surface area contributed by atoms with Crippen LogP contribution in [0.3, 0.4) is 0 Å². The lowest BCUT2D eigenvalue weighted by Crippen LogP contribution is -2.34. The van der Waals surface area contributed by atoms with Crippen LogP contribution in [0.25, 0.3) is 0 Å². The van der Waals surface area contributed by atoms with Crippen LogP contribution in [-0.2, 0) is 28.3 Å². The first-order valence-corrected chi connectivity index (χ1v) is 21.4. The number of unbranched alkanes of at least 4 members (excludes halogenated alkanes) is 3. The summed E-state index contributed by atoms with van der Waals surface area (Å²) in [5.74, 6) is 0.0729. The van der Waals surface area contributed by atoms with E-state index in [-0.39, 0.29) is 54.2 Å². The topological polar surface area (TPSA) is 231 Å². The molecule has 0 aromatic rings. The molecule has 0 fully saturated rings. The predicted octanol–water partition coefficient (Wildman–Crippen LogP) is 4.82. The summed E-state index contributed by atoms with van der Waals surface area (Å²) in [5.41, 5.74) is 0. The van der Waals surface area contributed by atoms with Gasteiger partial charge < -0.3 is 40.8 Å². The van der Waals surface area contributed by atoms with Crippen molar-refractivity contribution in [2.24, 2.45) is 17.8 Å². The highest BCUT2D eigenvalue weighted by atomic mass is 31.2. The molecular weight excluding hydrogens is 698 g/mol. The fourth-order valence-corrected chi connectivity index (χ4v) is 5.01. The van der Waals surface area contributed by atoms with Gasteiger partial charge in [0.05, 0.1) is 6.16 Å². The van der Waals surface area contributed by atoms with Crippen molar-refractivity contribution < 1.29 is 47.9 Å². The molecule has 8 N–H and O–H groups in total. The van der Waals surface area contributed by atoms with Crippen molar-refractivity contribution in [3.63, 3.8) is 0 Å². The number of ketones is 2. The number of hydrogen-bond donors (Lipinski definition) is 8. The third kappa shape index (κ3) is 44.1. The molecule has 300 valence electrons. The number of amides is 2. The van der Waals surface area contributed by atoms with Crippen molar-refractivity contribution in [1.29, 1.82) is 0 Å². The summed E-state index contributed by atoms with van der Waals surface area (Å²) in [6.45, 7) is 21.5. The van der Waals surface area contributed by atoms with Gasteiger partial charge in [-0.05, 0) is 31.7 Å². The van der Waals surface area contributed by atoms with Crippen LogP contribution in [0.1, 0.15) is 113 Å². The summed E-state index contributed by atoms with van der Waals surface area (Å²) >= 11 is 0. The lowest BCUT2D eigenvalue weighted by atomic mass is 9.94. The Balaban J connectivity index is -0.000000778. The zero-order chi connectivity index (χ0) is 40.0. The largest absolute Gasteiger partial charge is 0.356 e. The minimum Gasteiger partial charge on any atom is -0.356 e.